The third kappa shape index (κ3) is 3.22. The van der Waals surface area contributed by atoms with Crippen molar-refractivity contribution < 1.29 is 14.3 Å². The van der Waals surface area contributed by atoms with Gasteiger partial charge >= 0.3 is 0 Å². The Hall–Kier alpha value is -1.75. The zero-order valence-electron chi connectivity index (χ0n) is 12.5. The van der Waals surface area contributed by atoms with Gasteiger partial charge in [0.15, 0.2) is 0 Å². The molecular formula is C15H22N2O3. The predicted octanol–water partition coefficient (Wildman–Crippen LogP) is 1.23. The van der Waals surface area contributed by atoms with Gasteiger partial charge < -0.3 is 14.4 Å². The summed E-state index contributed by atoms with van der Waals surface area (Å²) in [6.07, 6.45) is 0.138. The molecule has 1 fully saturated rings. The van der Waals surface area contributed by atoms with Gasteiger partial charge in [-0.1, -0.05) is 6.07 Å². The molecule has 1 aliphatic rings. The van der Waals surface area contributed by atoms with Gasteiger partial charge in [0.25, 0.3) is 0 Å². The van der Waals surface area contributed by atoms with Gasteiger partial charge in [-0.3, -0.25) is 9.69 Å². The SMILES string of the molecule is COc1cccc(OC2CN([C@H](C)C(=O)N(C)C)C2)c1. The summed E-state index contributed by atoms with van der Waals surface area (Å²) in [5.41, 5.74) is 0. The van der Waals surface area contributed by atoms with Crippen LogP contribution in [0.4, 0.5) is 0 Å². The second-order valence-electron chi connectivity index (χ2n) is 5.28. The number of benzene rings is 1. The first-order valence-electron chi connectivity index (χ1n) is 6.77. The number of hydrogen-bond acceptors (Lipinski definition) is 4. The van der Waals surface area contributed by atoms with Gasteiger partial charge in [0.05, 0.1) is 13.2 Å². The molecule has 0 aromatic heterocycles. The first-order chi connectivity index (χ1) is 9.51. The summed E-state index contributed by atoms with van der Waals surface area (Å²) in [6, 6.07) is 7.49. The third-order valence-corrected chi connectivity index (χ3v) is 3.57. The van der Waals surface area contributed by atoms with Crippen LogP contribution in [-0.4, -0.2) is 62.1 Å². The Labute approximate surface area is 120 Å². The van der Waals surface area contributed by atoms with Crippen LogP contribution in [0.15, 0.2) is 24.3 Å². The molecule has 5 nitrogen and oxygen atoms in total. The topological polar surface area (TPSA) is 42.0 Å². The molecule has 1 heterocycles. The summed E-state index contributed by atoms with van der Waals surface area (Å²) in [6.45, 7) is 3.49. The Bertz CT molecular complexity index is 470. The van der Waals surface area contributed by atoms with E-state index in [1.807, 2.05) is 31.2 Å². The molecule has 0 radical (unpaired) electrons. The van der Waals surface area contributed by atoms with E-state index in [1.165, 1.54) is 0 Å². The van der Waals surface area contributed by atoms with Crippen LogP contribution >= 0.6 is 0 Å². The van der Waals surface area contributed by atoms with Gasteiger partial charge in [0.2, 0.25) is 5.91 Å². The van der Waals surface area contributed by atoms with Crippen molar-refractivity contribution in [2.45, 2.75) is 19.1 Å². The highest BCUT2D eigenvalue weighted by atomic mass is 16.5. The van der Waals surface area contributed by atoms with Crippen LogP contribution in [0.25, 0.3) is 0 Å². The van der Waals surface area contributed by atoms with Crippen LogP contribution in [0.3, 0.4) is 0 Å². The zero-order valence-corrected chi connectivity index (χ0v) is 12.5. The number of ether oxygens (including phenoxy) is 2. The summed E-state index contributed by atoms with van der Waals surface area (Å²) < 4.78 is 11.0. The lowest BCUT2D eigenvalue weighted by Gasteiger charge is -2.42. The lowest BCUT2D eigenvalue weighted by atomic mass is 10.1. The van der Waals surface area contributed by atoms with Crippen molar-refractivity contribution in [3.05, 3.63) is 24.3 Å². The van der Waals surface area contributed by atoms with Gasteiger partial charge in [0.1, 0.15) is 17.6 Å². The summed E-state index contributed by atoms with van der Waals surface area (Å²) >= 11 is 0. The largest absolute Gasteiger partial charge is 0.497 e. The van der Waals surface area contributed by atoms with Gasteiger partial charge in [-0.15, -0.1) is 0 Å². The van der Waals surface area contributed by atoms with Crippen molar-refractivity contribution in [2.24, 2.45) is 0 Å². The minimum Gasteiger partial charge on any atom is -0.497 e. The number of rotatable bonds is 5. The molecule has 0 spiro atoms. The Balaban J connectivity index is 1.83. The number of hydrogen-bond donors (Lipinski definition) is 0. The van der Waals surface area contributed by atoms with E-state index in [4.69, 9.17) is 9.47 Å². The quantitative estimate of drug-likeness (QED) is 0.812. The maximum atomic E-state index is 11.9. The fourth-order valence-corrected chi connectivity index (χ4v) is 2.26. The van der Waals surface area contributed by atoms with E-state index in [0.29, 0.717) is 0 Å². The zero-order chi connectivity index (χ0) is 14.7. The summed E-state index contributed by atoms with van der Waals surface area (Å²) in [4.78, 5) is 15.6. The van der Waals surface area contributed by atoms with Crippen LogP contribution in [0.1, 0.15) is 6.92 Å². The highest BCUT2D eigenvalue weighted by Gasteiger charge is 2.35. The lowest BCUT2D eigenvalue weighted by Crippen LogP contribution is -2.60. The Morgan fingerprint density at radius 1 is 1.35 bits per heavy atom. The predicted molar refractivity (Wildman–Crippen MR) is 77.1 cm³/mol. The Morgan fingerprint density at radius 2 is 2.00 bits per heavy atom. The standard InChI is InChI=1S/C15H22N2O3/c1-11(15(18)16(2)3)17-9-14(10-17)20-13-7-5-6-12(8-13)19-4/h5-8,11,14H,9-10H2,1-4H3/t11-/m1/s1. The second kappa shape index (κ2) is 6.13. The number of nitrogens with zero attached hydrogens (tertiary/aromatic N) is 2. The molecule has 110 valence electrons. The molecular weight excluding hydrogens is 256 g/mol. The van der Waals surface area contributed by atoms with Crippen molar-refractivity contribution in [1.82, 2.24) is 9.80 Å². The van der Waals surface area contributed by atoms with E-state index >= 15 is 0 Å². The molecule has 1 amide bonds. The number of carbonyl (C=O) groups excluding carboxylic acids is 1. The van der Waals surface area contributed by atoms with Crippen molar-refractivity contribution >= 4 is 5.91 Å². The van der Waals surface area contributed by atoms with Crippen LogP contribution < -0.4 is 9.47 Å². The van der Waals surface area contributed by atoms with Crippen LogP contribution in [-0.2, 0) is 4.79 Å². The average Bonchev–Trinajstić information content (AvgIpc) is 2.41. The molecule has 1 aliphatic heterocycles. The van der Waals surface area contributed by atoms with Crippen LogP contribution in [0.2, 0.25) is 0 Å². The average molecular weight is 278 g/mol. The fraction of sp³-hybridized carbons (Fsp3) is 0.533. The molecule has 1 aromatic carbocycles. The number of amides is 1. The number of likely N-dealkylation sites (N-methyl/N-ethyl adjacent to an activating group) is 1. The number of likely N-dealkylation sites (tertiary alicyclic amines) is 1. The second-order valence-corrected chi connectivity index (χ2v) is 5.28. The highest BCUT2D eigenvalue weighted by molar-refractivity contribution is 5.81. The molecule has 0 aliphatic carbocycles. The van der Waals surface area contributed by atoms with Crippen LogP contribution in [0, 0.1) is 0 Å². The van der Waals surface area contributed by atoms with E-state index in [-0.39, 0.29) is 18.1 Å². The maximum absolute atomic E-state index is 11.9. The van der Waals surface area contributed by atoms with E-state index in [2.05, 4.69) is 4.90 Å². The molecule has 0 unspecified atom stereocenters. The van der Waals surface area contributed by atoms with Crippen LogP contribution in [0.5, 0.6) is 11.5 Å². The summed E-state index contributed by atoms with van der Waals surface area (Å²) in [5, 5.41) is 0. The van der Waals surface area contributed by atoms with Crippen molar-refractivity contribution in [3.8, 4) is 11.5 Å². The van der Waals surface area contributed by atoms with E-state index in [9.17, 15) is 4.79 Å². The minimum atomic E-state index is -0.0878. The molecule has 1 atom stereocenters. The molecule has 0 saturated carbocycles. The van der Waals surface area contributed by atoms with Crippen molar-refractivity contribution in [2.75, 3.05) is 34.3 Å². The first-order valence-corrected chi connectivity index (χ1v) is 6.77. The molecule has 20 heavy (non-hydrogen) atoms. The highest BCUT2D eigenvalue weighted by Crippen LogP contribution is 2.23. The van der Waals surface area contributed by atoms with Crippen molar-refractivity contribution in [1.29, 1.82) is 0 Å². The fourth-order valence-electron chi connectivity index (χ4n) is 2.26. The summed E-state index contributed by atoms with van der Waals surface area (Å²) in [5.74, 6) is 1.72. The van der Waals surface area contributed by atoms with E-state index in [1.54, 1.807) is 26.1 Å². The molecule has 1 aromatic rings. The smallest absolute Gasteiger partial charge is 0.239 e. The van der Waals surface area contributed by atoms with Gasteiger partial charge in [-0.05, 0) is 19.1 Å². The maximum Gasteiger partial charge on any atom is 0.239 e. The van der Waals surface area contributed by atoms with Crippen molar-refractivity contribution in [3.63, 3.8) is 0 Å². The third-order valence-electron chi connectivity index (χ3n) is 3.57. The number of methoxy groups -OCH3 is 1. The lowest BCUT2D eigenvalue weighted by molar-refractivity contribution is -0.137. The normalized spacial score (nSPS) is 17.2. The molecule has 5 heteroatoms. The van der Waals surface area contributed by atoms with Gasteiger partial charge in [0, 0.05) is 33.3 Å². The molecule has 0 N–H and O–H groups in total. The number of carbonyl (C=O) groups is 1. The monoisotopic (exact) mass is 278 g/mol. The summed E-state index contributed by atoms with van der Waals surface area (Å²) in [7, 11) is 5.20. The minimum absolute atomic E-state index is 0.0878. The molecule has 1 saturated heterocycles. The first kappa shape index (κ1) is 14.7. The molecule has 0 bridgehead atoms. The van der Waals surface area contributed by atoms with E-state index in [0.717, 1.165) is 24.6 Å². The Kier molecular flexibility index (Phi) is 4.49. The van der Waals surface area contributed by atoms with Gasteiger partial charge in [-0.2, -0.15) is 0 Å². The van der Waals surface area contributed by atoms with E-state index < -0.39 is 0 Å². The van der Waals surface area contributed by atoms with Gasteiger partial charge in [-0.25, -0.2) is 0 Å². The Morgan fingerprint density at radius 3 is 2.60 bits per heavy atom. The molecule has 2 rings (SSSR count).